The number of rotatable bonds is 2. The van der Waals surface area contributed by atoms with Crippen molar-refractivity contribution in [1.82, 2.24) is 0 Å². The molecule has 0 radical (unpaired) electrons. The Hall–Kier alpha value is -1.06. The Morgan fingerprint density at radius 3 is 2.93 bits per heavy atom. The van der Waals surface area contributed by atoms with E-state index in [2.05, 4.69) is 0 Å². The molecule has 0 amide bonds. The third-order valence-electron chi connectivity index (χ3n) is 3.11. The summed E-state index contributed by atoms with van der Waals surface area (Å²) in [6, 6.07) is 5.61. The standard InChI is InChI=1S/C12H16O3/c1-15-10-4-5-11-9(7-10)3-2-6-12(11,14)8-13/h4-5,7,13-14H,2-3,6,8H2,1H3. The number of hydrogen-bond donors (Lipinski definition) is 2. The maximum absolute atomic E-state index is 10.2. The van der Waals surface area contributed by atoms with E-state index in [-0.39, 0.29) is 6.61 Å². The number of fused-ring (bicyclic) bond motifs is 1. The average molecular weight is 208 g/mol. The summed E-state index contributed by atoms with van der Waals surface area (Å²) < 4.78 is 5.14. The van der Waals surface area contributed by atoms with Crippen molar-refractivity contribution < 1.29 is 14.9 Å². The lowest BCUT2D eigenvalue weighted by Gasteiger charge is -2.33. The van der Waals surface area contributed by atoms with Gasteiger partial charge in [-0.2, -0.15) is 0 Å². The van der Waals surface area contributed by atoms with E-state index in [9.17, 15) is 10.2 Å². The first-order chi connectivity index (χ1) is 7.19. The Labute approximate surface area is 89.3 Å². The zero-order valence-electron chi connectivity index (χ0n) is 8.86. The van der Waals surface area contributed by atoms with Crippen molar-refractivity contribution in [1.29, 1.82) is 0 Å². The maximum Gasteiger partial charge on any atom is 0.119 e. The van der Waals surface area contributed by atoms with Gasteiger partial charge in [-0.3, -0.25) is 0 Å². The molecule has 0 heterocycles. The number of hydrogen-bond acceptors (Lipinski definition) is 3. The van der Waals surface area contributed by atoms with E-state index in [1.54, 1.807) is 7.11 Å². The van der Waals surface area contributed by atoms with Gasteiger partial charge in [0.25, 0.3) is 0 Å². The van der Waals surface area contributed by atoms with E-state index in [0.29, 0.717) is 6.42 Å². The van der Waals surface area contributed by atoms with Crippen LogP contribution in [0.25, 0.3) is 0 Å². The van der Waals surface area contributed by atoms with Gasteiger partial charge < -0.3 is 14.9 Å². The highest BCUT2D eigenvalue weighted by Crippen LogP contribution is 2.36. The highest BCUT2D eigenvalue weighted by Gasteiger charge is 2.33. The molecular formula is C12H16O3. The summed E-state index contributed by atoms with van der Waals surface area (Å²) >= 11 is 0. The van der Waals surface area contributed by atoms with Gasteiger partial charge in [0.05, 0.1) is 13.7 Å². The van der Waals surface area contributed by atoms with Crippen LogP contribution >= 0.6 is 0 Å². The normalized spacial score (nSPS) is 24.7. The molecule has 0 aliphatic heterocycles. The van der Waals surface area contributed by atoms with Gasteiger partial charge in [-0.1, -0.05) is 6.07 Å². The monoisotopic (exact) mass is 208 g/mol. The summed E-state index contributed by atoms with van der Waals surface area (Å²) in [6.07, 6.45) is 2.47. The molecule has 15 heavy (non-hydrogen) atoms. The summed E-state index contributed by atoms with van der Waals surface area (Å²) in [5, 5.41) is 19.4. The van der Waals surface area contributed by atoms with Gasteiger partial charge in [0.15, 0.2) is 0 Å². The van der Waals surface area contributed by atoms with Gasteiger partial charge in [0.1, 0.15) is 11.4 Å². The molecule has 1 atom stereocenters. The van der Waals surface area contributed by atoms with E-state index < -0.39 is 5.60 Å². The van der Waals surface area contributed by atoms with Crippen molar-refractivity contribution in [3.8, 4) is 5.75 Å². The molecule has 0 fully saturated rings. The lowest BCUT2D eigenvalue weighted by Crippen LogP contribution is -2.34. The second-order valence-electron chi connectivity index (χ2n) is 4.07. The topological polar surface area (TPSA) is 49.7 Å². The molecule has 3 nitrogen and oxygen atoms in total. The van der Waals surface area contributed by atoms with Gasteiger partial charge in [0, 0.05) is 0 Å². The van der Waals surface area contributed by atoms with Crippen molar-refractivity contribution in [2.45, 2.75) is 24.9 Å². The largest absolute Gasteiger partial charge is 0.497 e. The number of benzene rings is 1. The Bertz CT molecular complexity index is 362. The van der Waals surface area contributed by atoms with Crippen LogP contribution in [0.4, 0.5) is 0 Å². The van der Waals surface area contributed by atoms with Gasteiger partial charge in [-0.25, -0.2) is 0 Å². The van der Waals surface area contributed by atoms with Crippen LogP contribution in [0.2, 0.25) is 0 Å². The zero-order valence-corrected chi connectivity index (χ0v) is 8.86. The van der Waals surface area contributed by atoms with Crippen molar-refractivity contribution in [2.24, 2.45) is 0 Å². The fourth-order valence-corrected chi connectivity index (χ4v) is 2.23. The minimum absolute atomic E-state index is 0.216. The zero-order chi connectivity index (χ0) is 10.9. The van der Waals surface area contributed by atoms with Gasteiger partial charge in [-0.15, -0.1) is 0 Å². The van der Waals surface area contributed by atoms with Gasteiger partial charge in [-0.05, 0) is 42.5 Å². The lowest BCUT2D eigenvalue weighted by molar-refractivity contribution is -0.0327. The predicted octanol–water partition coefficient (Wildman–Crippen LogP) is 1.21. The van der Waals surface area contributed by atoms with Crippen LogP contribution in [0, 0.1) is 0 Å². The summed E-state index contributed by atoms with van der Waals surface area (Å²) in [5.41, 5.74) is 0.869. The summed E-state index contributed by atoms with van der Waals surface area (Å²) in [7, 11) is 1.63. The Morgan fingerprint density at radius 2 is 2.27 bits per heavy atom. The highest BCUT2D eigenvalue weighted by atomic mass is 16.5. The number of ether oxygens (including phenoxy) is 1. The molecular weight excluding hydrogens is 192 g/mol. The highest BCUT2D eigenvalue weighted by molar-refractivity contribution is 5.40. The second-order valence-corrected chi connectivity index (χ2v) is 4.07. The minimum Gasteiger partial charge on any atom is -0.497 e. The van der Waals surface area contributed by atoms with Crippen LogP contribution in [-0.4, -0.2) is 23.9 Å². The molecule has 82 valence electrons. The van der Waals surface area contributed by atoms with Crippen LogP contribution in [0.1, 0.15) is 24.0 Å². The van der Waals surface area contributed by atoms with E-state index in [1.807, 2.05) is 18.2 Å². The summed E-state index contributed by atoms with van der Waals surface area (Å²) in [4.78, 5) is 0. The molecule has 1 aliphatic rings. The van der Waals surface area contributed by atoms with Crippen molar-refractivity contribution in [2.75, 3.05) is 13.7 Å². The molecule has 1 unspecified atom stereocenters. The van der Waals surface area contributed by atoms with Crippen molar-refractivity contribution in [3.05, 3.63) is 29.3 Å². The molecule has 3 heteroatoms. The van der Waals surface area contributed by atoms with Crippen molar-refractivity contribution in [3.63, 3.8) is 0 Å². The quantitative estimate of drug-likeness (QED) is 0.768. The third kappa shape index (κ3) is 1.73. The van der Waals surface area contributed by atoms with Crippen molar-refractivity contribution >= 4 is 0 Å². The SMILES string of the molecule is COc1ccc2c(c1)CCCC2(O)CO. The first kappa shape index (κ1) is 10.5. The Balaban J connectivity index is 2.45. The molecule has 0 saturated carbocycles. The number of aliphatic hydroxyl groups is 2. The van der Waals surface area contributed by atoms with Crippen LogP contribution in [-0.2, 0) is 12.0 Å². The molecule has 0 saturated heterocycles. The fraction of sp³-hybridized carbons (Fsp3) is 0.500. The third-order valence-corrected chi connectivity index (χ3v) is 3.11. The first-order valence-electron chi connectivity index (χ1n) is 5.20. The van der Waals surface area contributed by atoms with Crippen LogP contribution in [0.3, 0.4) is 0 Å². The molecule has 0 bridgehead atoms. The number of methoxy groups -OCH3 is 1. The molecule has 1 aromatic carbocycles. The second kappa shape index (κ2) is 3.83. The minimum atomic E-state index is -1.06. The predicted molar refractivity (Wildman–Crippen MR) is 56.9 cm³/mol. The van der Waals surface area contributed by atoms with E-state index in [1.165, 1.54) is 0 Å². The molecule has 0 spiro atoms. The maximum atomic E-state index is 10.2. The van der Waals surface area contributed by atoms with Gasteiger partial charge in [0.2, 0.25) is 0 Å². The molecule has 0 aromatic heterocycles. The smallest absolute Gasteiger partial charge is 0.119 e. The molecule has 2 N–H and O–H groups in total. The summed E-state index contributed by atoms with van der Waals surface area (Å²) in [6.45, 7) is -0.216. The molecule has 2 rings (SSSR count). The average Bonchev–Trinajstić information content (AvgIpc) is 2.29. The molecule has 1 aromatic rings. The Kier molecular flexibility index (Phi) is 2.67. The summed E-state index contributed by atoms with van der Waals surface area (Å²) in [5.74, 6) is 0.802. The van der Waals surface area contributed by atoms with E-state index in [0.717, 1.165) is 29.7 Å². The number of aryl methyl sites for hydroxylation is 1. The van der Waals surface area contributed by atoms with E-state index >= 15 is 0 Å². The fourth-order valence-electron chi connectivity index (χ4n) is 2.23. The lowest BCUT2D eigenvalue weighted by atomic mass is 9.79. The first-order valence-corrected chi connectivity index (χ1v) is 5.20. The molecule has 1 aliphatic carbocycles. The van der Waals surface area contributed by atoms with E-state index in [4.69, 9.17) is 4.74 Å². The van der Waals surface area contributed by atoms with Gasteiger partial charge >= 0.3 is 0 Å². The van der Waals surface area contributed by atoms with Crippen LogP contribution in [0.5, 0.6) is 5.75 Å². The number of aliphatic hydroxyl groups excluding tert-OH is 1. The Morgan fingerprint density at radius 1 is 1.47 bits per heavy atom. The van der Waals surface area contributed by atoms with Crippen LogP contribution in [0.15, 0.2) is 18.2 Å². The van der Waals surface area contributed by atoms with Crippen LogP contribution < -0.4 is 4.74 Å².